The number of hydrogen-bond acceptors (Lipinski definition) is 4. The third kappa shape index (κ3) is 4.61. The largest absolute Gasteiger partial charge is 0.384 e. The van der Waals surface area contributed by atoms with E-state index in [1.165, 1.54) is 6.42 Å². The van der Waals surface area contributed by atoms with Gasteiger partial charge in [0.1, 0.15) is 5.82 Å². The number of hydrogen-bond donors (Lipinski definition) is 1. The zero-order valence-electron chi connectivity index (χ0n) is 16.5. The molecule has 0 aliphatic heterocycles. The lowest BCUT2D eigenvalue weighted by Crippen LogP contribution is -2.22. The molecule has 0 aliphatic carbocycles. The average Bonchev–Trinajstić information content (AvgIpc) is 3.07. The molecule has 0 aliphatic rings. The Hall–Kier alpha value is -2.40. The van der Waals surface area contributed by atoms with Crippen LogP contribution in [-0.2, 0) is 10.3 Å². The van der Waals surface area contributed by atoms with E-state index in [-0.39, 0.29) is 5.60 Å². The predicted octanol–water partition coefficient (Wildman–Crippen LogP) is 5.06. The van der Waals surface area contributed by atoms with Crippen LogP contribution in [0.2, 0.25) is 0 Å². The summed E-state index contributed by atoms with van der Waals surface area (Å²) in [6.45, 7) is 11.3. The predicted molar refractivity (Wildman–Crippen MR) is 108 cm³/mol. The number of nitrogens with two attached hydrogens (primary N) is 1. The summed E-state index contributed by atoms with van der Waals surface area (Å²) in [6.07, 6.45) is 3.94. The summed E-state index contributed by atoms with van der Waals surface area (Å²) in [5, 5.41) is 4.56. The molecule has 1 aromatic carbocycles. The molecule has 2 N–H and O–H groups in total. The Morgan fingerprint density at radius 2 is 1.85 bits per heavy atom. The van der Waals surface area contributed by atoms with Crippen LogP contribution in [0.3, 0.4) is 0 Å². The van der Waals surface area contributed by atoms with Crippen molar-refractivity contribution in [2.45, 2.75) is 53.1 Å². The minimum absolute atomic E-state index is 0.331. The first-order chi connectivity index (χ1) is 12.4. The number of fused-ring (bicyclic) bond motifs is 1. The minimum Gasteiger partial charge on any atom is -0.384 e. The molecule has 0 fully saturated rings. The summed E-state index contributed by atoms with van der Waals surface area (Å²) < 4.78 is 7.63. The lowest BCUT2D eigenvalue weighted by Gasteiger charge is -2.26. The maximum atomic E-state index is 5.98. The van der Waals surface area contributed by atoms with E-state index in [0.717, 1.165) is 35.5 Å². The van der Waals surface area contributed by atoms with Gasteiger partial charge in [0, 0.05) is 24.4 Å². The Morgan fingerprint density at radius 1 is 1.12 bits per heavy atom. The maximum Gasteiger partial charge on any atom is 0.157 e. The summed E-state index contributed by atoms with van der Waals surface area (Å²) >= 11 is 0. The quantitative estimate of drug-likeness (QED) is 0.696. The van der Waals surface area contributed by atoms with Gasteiger partial charge in [-0.15, -0.1) is 0 Å². The van der Waals surface area contributed by atoms with Gasteiger partial charge in [-0.1, -0.05) is 45.4 Å². The first-order valence-electron chi connectivity index (χ1n) is 9.28. The van der Waals surface area contributed by atoms with Crippen LogP contribution in [0.15, 0.2) is 42.6 Å². The van der Waals surface area contributed by atoms with E-state index < -0.39 is 0 Å². The van der Waals surface area contributed by atoms with Crippen LogP contribution < -0.4 is 5.73 Å². The number of aromatic nitrogens is 3. The second-order valence-electron chi connectivity index (χ2n) is 6.82. The van der Waals surface area contributed by atoms with Crippen molar-refractivity contribution in [2.24, 2.45) is 0 Å². The zero-order valence-corrected chi connectivity index (χ0v) is 16.5. The molecule has 0 amide bonds. The lowest BCUT2D eigenvalue weighted by atomic mass is 9.95. The minimum atomic E-state index is -0.331. The van der Waals surface area contributed by atoms with Gasteiger partial charge in [0.2, 0.25) is 0 Å². The molecule has 0 bridgehead atoms. The van der Waals surface area contributed by atoms with E-state index in [9.17, 15) is 0 Å². The number of ether oxygens (including phenoxy) is 1. The molecule has 26 heavy (non-hydrogen) atoms. The smallest absolute Gasteiger partial charge is 0.157 e. The standard InChI is InChI=1S/C18H22N4O.C3H8/c1-4-10-23-18(2,3)14-7-5-6-13(11-14)15-12-17-20-9-8-16(19)22(17)21-15;1-3-2/h5-9,11-12H,4,10,19H2,1-3H3;3H2,1-2H3. The van der Waals surface area contributed by atoms with Crippen LogP contribution in [0.1, 0.15) is 53.0 Å². The van der Waals surface area contributed by atoms with E-state index >= 15 is 0 Å². The normalized spacial score (nSPS) is 11.3. The summed E-state index contributed by atoms with van der Waals surface area (Å²) in [4.78, 5) is 4.30. The molecule has 0 spiro atoms. The zero-order chi connectivity index (χ0) is 19.2. The molecular formula is C21H30N4O. The first kappa shape index (κ1) is 19.9. The van der Waals surface area contributed by atoms with Crippen LogP contribution >= 0.6 is 0 Å². The monoisotopic (exact) mass is 354 g/mol. The number of nitrogen functional groups attached to an aromatic ring is 1. The Kier molecular flexibility index (Phi) is 6.75. The van der Waals surface area contributed by atoms with Gasteiger partial charge in [-0.2, -0.15) is 9.61 Å². The molecule has 2 heterocycles. The Bertz CT molecular complexity index is 839. The molecule has 2 aromatic heterocycles. The fraction of sp³-hybridized carbons (Fsp3) is 0.429. The van der Waals surface area contributed by atoms with E-state index in [0.29, 0.717) is 5.82 Å². The molecular weight excluding hydrogens is 324 g/mol. The van der Waals surface area contributed by atoms with Crippen molar-refractivity contribution in [3.8, 4) is 11.3 Å². The fourth-order valence-electron chi connectivity index (χ4n) is 2.55. The summed E-state index contributed by atoms with van der Waals surface area (Å²) in [7, 11) is 0. The molecule has 0 atom stereocenters. The molecule has 0 unspecified atom stereocenters. The van der Waals surface area contributed by atoms with Gasteiger partial charge in [-0.3, -0.25) is 0 Å². The van der Waals surface area contributed by atoms with Gasteiger partial charge >= 0.3 is 0 Å². The average molecular weight is 354 g/mol. The number of rotatable bonds is 5. The van der Waals surface area contributed by atoms with Gasteiger partial charge in [0.15, 0.2) is 5.65 Å². The molecule has 0 saturated heterocycles. The van der Waals surface area contributed by atoms with Crippen LogP contribution in [0.4, 0.5) is 5.82 Å². The fourth-order valence-corrected chi connectivity index (χ4v) is 2.55. The second-order valence-corrected chi connectivity index (χ2v) is 6.82. The molecule has 0 saturated carbocycles. The molecule has 3 aromatic rings. The van der Waals surface area contributed by atoms with Crippen LogP contribution in [0, 0.1) is 0 Å². The van der Waals surface area contributed by atoms with E-state index in [1.54, 1.807) is 16.8 Å². The molecule has 0 radical (unpaired) electrons. The van der Waals surface area contributed by atoms with Crippen LogP contribution in [0.5, 0.6) is 0 Å². The van der Waals surface area contributed by atoms with E-state index in [1.807, 2.05) is 18.2 Å². The molecule has 5 heteroatoms. The van der Waals surface area contributed by atoms with Crippen molar-refractivity contribution < 1.29 is 4.74 Å². The van der Waals surface area contributed by atoms with Gasteiger partial charge in [-0.05, 0) is 38.0 Å². The maximum absolute atomic E-state index is 5.98. The summed E-state index contributed by atoms with van der Waals surface area (Å²) in [6, 6.07) is 12.0. The van der Waals surface area contributed by atoms with Crippen molar-refractivity contribution in [1.29, 1.82) is 0 Å². The molecule has 5 nitrogen and oxygen atoms in total. The van der Waals surface area contributed by atoms with Gasteiger partial charge in [0.25, 0.3) is 0 Å². The third-order valence-corrected chi connectivity index (χ3v) is 3.91. The Morgan fingerprint density at radius 3 is 2.50 bits per heavy atom. The molecule has 140 valence electrons. The SMILES string of the molecule is CCC.CCCOC(C)(C)c1cccc(-c2cc3nccc(N)n3n2)c1. The molecule has 3 rings (SSSR count). The van der Waals surface area contributed by atoms with Crippen molar-refractivity contribution in [3.05, 3.63) is 48.2 Å². The number of anilines is 1. The van der Waals surface area contributed by atoms with E-state index in [4.69, 9.17) is 10.5 Å². The highest BCUT2D eigenvalue weighted by atomic mass is 16.5. The second kappa shape index (κ2) is 8.81. The van der Waals surface area contributed by atoms with Crippen molar-refractivity contribution in [2.75, 3.05) is 12.3 Å². The number of nitrogens with zero attached hydrogens (tertiary/aromatic N) is 3. The topological polar surface area (TPSA) is 65.4 Å². The Labute approximate surface area is 156 Å². The van der Waals surface area contributed by atoms with Crippen molar-refractivity contribution >= 4 is 11.5 Å². The lowest BCUT2D eigenvalue weighted by molar-refractivity contribution is -0.0212. The van der Waals surface area contributed by atoms with Crippen LogP contribution in [0.25, 0.3) is 16.9 Å². The van der Waals surface area contributed by atoms with Gasteiger partial charge < -0.3 is 10.5 Å². The third-order valence-electron chi connectivity index (χ3n) is 3.91. The number of benzene rings is 1. The highest BCUT2D eigenvalue weighted by molar-refractivity contribution is 5.66. The first-order valence-corrected chi connectivity index (χ1v) is 9.28. The highest BCUT2D eigenvalue weighted by Gasteiger charge is 2.21. The van der Waals surface area contributed by atoms with E-state index in [2.05, 4.69) is 56.8 Å². The van der Waals surface area contributed by atoms with Gasteiger partial charge in [-0.25, -0.2) is 4.98 Å². The Balaban J connectivity index is 0.000000758. The highest BCUT2D eigenvalue weighted by Crippen LogP contribution is 2.29. The van der Waals surface area contributed by atoms with Crippen molar-refractivity contribution in [1.82, 2.24) is 14.6 Å². The van der Waals surface area contributed by atoms with Crippen molar-refractivity contribution in [3.63, 3.8) is 0 Å². The van der Waals surface area contributed by atoms with Gasteiger partial charge in [0.05, 0.1) is 11.3 Å². The summed E-state index contributed by atoms with van der Waals surface area (Å²) in [5.74, 6) is 0.573. The summed E-state index contributed by atoms with van der Waals surface area (Å²) in [5.41, 5.74) is 9.36. The van der Waals surface area contributed by atoms with Crippen LogP contribution in [-0.4, -0.2) is 21.2 Å².